The first-order valence-corrected chi connectivity index (χ1v) is 7.52. The van der Waals surface area contributed by atoms with E-state index in [4.69, 9.17) is 10.5 Å². The summed E-state index contributed by atoms with van der Waals surface area (Å²) in [6.07, 6.45) is 1.80. The van der Waals surface area contributed by atoms with Crippen molar-refractivity contribution in [3.8, 4) is 5.75 Å². The Kier molecular flexibility index (Phi) is 4.18. The lowest BCUT2D eigenvalue weighted by atomic mass is 10.1. The van der Waals surface area contributed by atoms with E-state index in [-0.39, 0.29) is 0 Å². The second kappa shape index (κ2) is 6.24. The Morgan fingerprint density at radius 2 is 1.76 bits per heavy atom. The summed E-state index contributed by atoms with van der Waals surface area (Å²) in [5.41, 5.74) is 8.79. The maximum absolute atomic E-state index is 5.99. The van der Waals surface area contributed by atoms with Crippen LogP contribution in [-0.2, 0) is 13.2 Å². The molecule has 21 heavy (non-hydrogen) atoms. The molecule has 3 nitrogen and oxygen atoms in total. The lowest BCUT2D eigenvalue weighted by Gasteiger charge is -2.13. The van der Waals surface area contributed by atoms with Gasteiger partial charge in [0.2, 0.25) is 0 Å². The van der Waals surface area contributed by atoms with Crippen molar-refractivity contribution in [1.29, 1.82) is 0 Å². The number of ether oxygens (including phenoxy) is 1. The van der Waals surface area contributed by atoms with Gasteiger partial charge in [-0.3, -0.25) is 4.98 Å². The van der Waals surface area contributed by atoms with E-state index in [1.54, 1.807) is 6.20 Å². The molecular formula is C17H15BrN2O. The Hall–Kier alpha value is -1.91. The van der Waals surface area contributed by atoms with E-state index in [0.717, 1.165) is 32.3 Å². The molecule has 0 bridgehead atoms. The molecule has 0 unspecified atom stereocenters. The SMILES string of the molecule is NCc1cccc(Br)c1OCc1cccc2cccnc12. The molecule has 0 aliphatic rings. The van der Waals surface area contributed by atoms with Crippen LogP contribution in [0.2, 0.25) is 0 Å². The maximum Gasteiger partial charge on any atom is 0.138 e. The fraction of sp³-hybridized carbons (Fsp3) is 0.118. The normalized spacial score (nSPS) is 10.8. The molecule has 0 aliphatic heterocycles. The third kappa shape index (κ3) is 2.91. The fourth-order valence-electron chi connectivity index (χ4n) is 2.31. The van der Waals surface area contributed by atoms with Gasteiger partial charge in [-0.05, 0) is 28.1 Å². The molecule has 1 aromatic heterocycles. The summed E-state index contributed by atoms with van der Waals surface area (Å²) in [4.78, 5) is 4.44. The topological polar surface area (TPSA) is 48.1 Å². The lowest BCUT2D eigenvalue weighted by molar-refractivity contribution is 0.302. The standard InChI is InChI=1S/C17H15BrN2O/c18-15-8-2-5-13(10-19)17(15)21-11-14-6-1-4-12-7-3-9-20-16(12)14/h1-9H,10-11,19H2. The number of rotatable bonds is 4. The molecule has 0 aliphatic carbocycles. The van der Waals surface area contributed by atoms with Crippen LogP contribution in [0.3, 0.4) is 0 Å². The highest BCUT2D eigenvalue weighted by Crippen LogP contribution is 2.30. The zero-order valence-corrected chi connectivity index (χ0v) is 13.0. The van der Waals surface area contributed by atoms with E-state index < -0.39 is 0 Å². The Morgan fingerprint density at radius 3 is 2.62 bits per heavy atom. The van der Waals surface area contributed by atoms with Crippen LogP contribution in [0.4, 0.5) is 0 Å². The minimum absolute atomic E-state index is 0.447. The van der Waals surface area contributed by atoms with Crippen LogP contribution in [0, 0.1) is 0 Å². The third-order valence-electron chi connectivity index (χ3n) is 3.36. The van der Waals surface area contributed by atoms with Crippen molar-refractivity contribution in [3.63, 3.8) is 0 Å². The molecule has 3 aromatic rings. The molecular weight excluding hydrogens is 328 g/mol. The molecule has 106 valence electrons. The summed E-state index contributed by atoms with van der Waals surface area (Å²) < 4.78 is 6.90. The van der Waals surface area contributed by atoms with Gasteiger partial charge in [0.1, 0.15) is 12.4 Å². The molecule has 0 atom stereocenters. The van der Waals surface area contributed by atoms with E-state index in [1.807, 2.05) is 36.4 Å². The molecule has 2 N–H and O–H groups in total. The molecule has 1 heterocycles. The van der Waals surface area contributed by atoms with Gasteiger partial charge in [-0.25, -0.2) is 0 Å². The summed E-state index contributed by atoms with van der Waals surface area (Å²) in [6.45, 7) is 0.909. The number of hydrogen-bond donors (Lipinski definition) is 1. The highest BCUT2D eigenvalue weighted by Gasteiger charge is 2.08. The zero-order chi connectivity index (χ0) is 14.7. The smallest absolute Gasteiger partial charge is 0.138 e. The number of hydrogen-bond acceptors (Lipinski definition) is 3. The summed E-state index contributed by atoms with van der Waals surface area (Å²) in [5, 5.41) is 1.12. The van der Waals surface area contributed by atoms with Crippen LogP contribution < -0.4 is 10.5 Å². The van der Waals surface area contributed by atoms with Crippen LogP contribution in [-0.4, -0.2) is 4.98 Å². The van der Waals surface area contributed by atoms with E-state index >= 15 is 0 Å². The van der Waals surface area contributed by atoms with Crippen molar-refractivity contribution < 1.29 is 4.74 Å². The zero-order valence-electron chi connectivity index (χ0n) is 11.4. The van der Waals surface area contributed by atoms with Gasteiger partial charge in [0.15, 0.2) is 0 Å². The Bertz CT molecular complexity index is 768. The Morgan fingerprint density at radius 1 is 1.00 bits per heavy atom. The van der Waals surface area contributed by atoms with Gasteiger partial charge in [0.05, 0.1) is 9.99 Å². The number of nitrogens with zero attached hydrogens (tertiary/aromatic N) is 1. The number of aromatic nitrogens is 1. The molecule has 2 aromatic carbocycles. The van der Waals surface area contributed by atoms with E-state index in [1.165, 1.54) is 0 Å². The van der Waals surface area contributed by atoms with E-state index in [2.05, 4.69) is 33.0 Å². The molecule has 0 spiro atoms. The van der Waals surface area contributed by atoms with Crippen molar-refractivity contribution >= 4 is 26.8 Å². The third-order valence-corrected chi connectivity index (χ3v) is 3.98. The van der Waals surface area contributed by atoms with Crippen molar-refractivity contribution in [3.05, 3.63) is 70.3 Å². The van der Waals surface area contributed by atoms with Gasteiger partial charge in [0.25, 0.3) is 0 Å². The quantitative estimate of drug-likeness (QED) is 0.778. The molecule has 3 rings (SSSR count). The van der Waals surface area contributed by atoms with Gasteiger partial charge in [-0.1, -0.05) is 36.4 Å². The van der Waals surface area contributed by atoms with Gasteiger partial charge in [-0.2, -0.15) is 0 Å². The first-order chi connectivity index (χ1) is 10.3. The first-order valence-electron chi connectivity index (χ1n) is 6.72. The number of halogens is 1. The molecule has 0 radical (unpaired) electrons. The summed E-state index contributed by atoms with van der Waals surface area (Å²) in [7, 11) is 0. The van der Waals surface area contributed by atoms with Crippen LogP contribution in [0.1, 0.15) is 11.1 Å². The van der Waals surface area contributed by atoms with Gasteiger partial charge < -0.3 is 10.5 Å². The Labute approximate surface area is 131 Å². The molecule has 0 fully saturated rings. The van der Waals surface area contributed by atoms with Crippen molar-refractivity contribution in [1.82, 2.24) is 4.98 Å². The van der Waals surface area contributed by atoms with Crippen molar-refractivity contribution in [2.75, 3.05) is 0 Å². The van der Waals surface area contributed by atoms with Gasteiger partial charge >= 0.3 is 0 Å². The second-order valence-electron chi connectivity index (χ2n) is 4.71. The summed E-state index contributed by atoms with van der Waals surface area (Å²) in [5.74, 6) is 0.799. The number of fused-ring (bicyclic) bond motifs is 1. The maximum atomic E-state index is 5.99. The molecule has 0 saturated heterocycles. The lowest BCUT2D eigenvalue weighted by Crippen LogP contribution is -2.04. The average molecular weight is 343 g/mol. The highest BCUT2D eigenvalue weighted by molar-refractivity contribution is 9.10. The second-order valence-corrected chi connectivity index (χ2v) is 5.57. The van der Waals surface area contributed by atoms with Crippen LogP contribution in [0.15, 0.2) is 59.2 Å². The van der Waals surface area contributed by atoms with Gasteiger partial charge in [0, 0.05) is 29.3 Å². The minimum Gasteiger partial charge on any atom is -0.487 e. The molecule has 0 saturated carbocycles. The number of benzene rings is 2. The van der Waals surface area contributed by atoms with Gasteiger partial charge in [-0.15, -0.1) is 0 Å². The van der Waals surface area contributed by atoms with Crippen molar-refractivity contribution in [2.45, 2.75) is 13.2 Å². The molecule has 0 amide bonds. The molecule has 4 heteroatoms. The minimum atomic E-state index is 0.447. The predicted molar refractivity (Wildman–Crippen MR) is 88.1 cm³/mol. The highest BCUT2D eigenvalue weighted by atomic mass is 79.9. The number of para-hydroxylation sites is 2. The van der Waals surface area contributed by atoms with Crippen LogP contribution >= 0.6 is 15.9 Å². The van der Waals surface area contributed by atoms with Crippen LogP contribution in [0.25, 0.3) is 10.9 Å². The number of nitrogens with two attached hydrogens (primary N) is 1. The Balaban J connectivity index is 1.91. The summed E-state index contributed by atoms with van der Waals surface area (Å²) in [6, 6.07) is 16.0. The predicted octanol–water partition coefficient (Wildman–Crippen LogP) is 4.04. The first kappa shape index (κ1) is 14.0. The fourth-order valence-corrected chi connectivity index (χ4v) is 2.83. The summed E-state index contributed by atoms with van der Waals surface area (Å²) >= 11 is 3.52. The van der Waals surface area contributed by atoms with E-state index in [0.29, 0.717) is 13.2 Å². The van der Waals surface area contributed by atoms with E-state index in [9.17, 15) is 0 Å². The van der Waals surface area contributed by atoms with Crippen molar-refractivity contribution in [2.24, 2.45) is 5.73 Å². The van der Waals surface area contributed by atoms with Crippen LogP contribution in [0.5, 0.6) is 5.75 Å². The number of pyridine rings is 1. The monoisotopic (exact) mass is 342 g/mol. The largest absolute Gasteiger partial charge is 0.487 e. The average Bonchev–Trinajstić information content (AvgIpc) is 2.53.